The number of hydrogen-bond acceptors (Lipinski definition) is 3. The number of carbonyl (C=O) groups excluding carboxylic acids is 1. The summed E-state index contributed by atoms with van der Waals surface area (Å²) in [6.45, 7) is 6.66. The van der Waals surface area contributed by atoms with E-state index in [1.807, 2.05) is 24.3 Å². The van der Waals surface area contributed by atoms with Gasteiger partial charge < -0.3 is 15.2 Å². The Morgan fingerprint density at radius 2 is 1.81 bits per heavy atom. The molecule has 1 amide bonds. The molecule has 0 radical (unpaired) electrons. The lowest BCUT2D eigenvalue weighted by Crippen LogP contribution is -2.55. The van der Waals surface area contributed by atoms with Gasteiger partial charge in [0.1, 0.15) is 11.1 Å². The highest BCUT2D eigenvalue weighted by atomic mass is 127. The van der Waals surface area contributed by atoms with E-state index in [2.05, 4.69) is 27.9 Å². The topological polar surface area (TPSA) is 75.6 Å². The van der Waals surface area contributed by atoms with Crippen LogP contribution in [0.4, 0.5) is 4.79 Å². The van der Waals surface area contributed by atoms with E-state index in [0.29, 0.717) is 0 Å². The number of halogens is 1. The monoisotopic (exact) mass is 405 g/mol. The number of carbonyl (C=O) groups is 2. The first-order valence-electron chi connectivity index (χ1n) is 6.51. The molecule has 21 heavy (non-hydrogen) atoms. The third-order valence-corrected chi connectivity index (χ3v) is 3.80. The molecular weight excluding hydrogens is 385 g/mol. The van der Waals surface area contributed by atoms with Crippen molar-refractivity contribution in [2.24, 2.45) is 0 Å². The van der Waals surface area contributed by atoms with Gasteiger partial charge in [0.15, 0.2) is 0 Å². The number of carboxylic acid groups (broad SMARTS) is 1. The number of hydrogen-bond donors (Lipinski definition) is 2. The van der Waals surface area contributed by atoms with Gasteiger partial charge in [-0.3, -0.25) is 0 Å². The first kappa shape index (κ1) is 17.7. The van der Waals surface area contributed by atoms with Crippen LogP contribution in [-0.2, 0) is 16.0 Å². The van der Waals surface area contributed by atoms with Crippen molar-refractivity contribution in [2.75, 3.05) is 0 Å². The molecule has 0 aliphatic rings. The molecule has 0 aliphatic heterocycles. The lowest BCUT2D eigenvalue weighted by atomic mass is 9.93. The molecule has 2 N–H and O–H groups in total. The van der Waals surface area contributed by atoms with Gasteiger partial charge in [0.25, 0.3) is 0 Å². The number of alkyl carbamates (subject to hydrolysis) is 1. The fourth-order valence-corrected chi connectivity index (χ4v) is 2.30. The number of amides is 1. The highest BCUT2D eigenvalue weighted by Gasteiger charge is 2.37. The van der Waals surface area contributed by atoms with Gasteiger partial charge in [0.2, 0.25) is 0 Å². The fraction of sp³-hybridized carbons (Fsp3) is 0.467. The van der Waals surface area contributed by atoms with Crippen molar-refractivity contribution in [1.29, 1.82) is 0 Å². The Hall–Kier alpha value is -1.31. The average Bonchev–Trinajstić information content (AvgIpc) is 2.29. The number of carboxylic acids is 1. The van der Waals surface area contributed by atoms with E-state index < -0.39 is 23.2 Å². The minimum absolute atomic E-state index is 0.181. The molecule has 0 heterocycles. The maximum Gasteiger partial charge on any atom is 0.408 e. The van der Waals surface area contributed by atoms with E-state index in [1.165, 1.54) is 6.92 Å². The molecule has 0 fully saturated rings. The van der Waals surface area contributed by atoms with Crippen LogP contribution >= 0.6 is 22.6 Å². The van der Waals surface area contributed by atoms with E-state index in [-0.39, 0.29) is 6.42 Å². The maximum absolute atomic E-state index is 11.9. The Bertz CT molecular complexity index is 539. The molecule has 0 spiro atoms. The number of benzene rings is 1. The van der Waals surface area contributed by atoms with Gasteiger partial charge in [-0.2, -0.15) is 0 Å². The van der Waals surface area contributed by atoms with E-state index in [4.69, 9.17) is 4.74 Å². The largest absolute Gasteiger partial charge is 0.480 e. The summed E-state index contributed by atoms with van der Waals surface area (Å²) in [5.74, 6) is -1.10. The average molecular weight is 405 g/mol. The summed E-state index contributed by atoms with van der Waals surface area (Å²) in [6, 6.07) is 7.46. The van der Waals surface area contributed by atoms with Gasteiger partial charge in [-0.1, -0.05) is 18.2 Å². The summed E-state index contributed by atoms with van der Waals surface area (Å²) < 4.78 is 6.09. The predicted octanol–water partition coefficient (Wildman–Crippen LogP) is 3.20. The molecule has 1 aromatic rings. The number of nitrogens with one attached hydrogen (secondary N) is 1. The molecule has 1 rings (SSSR count). The molecule has 0 aliphatic carbocycles. The standard InChI is InChI=1S/C15H20INO4/c1-14(2,3)21-13(20)17-15(4,12(18)19)9-10-7-5-6-8-11(10)16/h5-8H,9H2,1-4H3,(H,17,20)(H,18,19). The third-order valence-electron chi connectivity index (χ3n) is 2.75. The van der Waals surface area contributed by atoms with Crippen molar-refractivity contribution < 1.29 is 19.4 Å². The van der Waals surface area contributed by atoms with Gasteiger partial charge in [-0.25, -0.2) is 9.59 Å². The molecule has 0 bridgehead atoms. The minimum Gasteiger partial charge on any atom is -0.480 e. The normalized spacial score (nSPS) is 14.1. The SMILES string of the molecule is CC(C)(C)OC(=O)NC(C)(Cc1ccccc1I)C(=O)O. The molecule has 5 nitrogen and oxygen atoms in total. The Morgan fingerprint density at radius 1 is 1.24 bits per heavy atom. The van der Waals surface area contributed by atoms with Gasteiger partial charge in [-0.15, -0.1) is 0 Å². The number of aliphatic carboxylic acids is 1. The van der Waals surface area contributed by atoms with E-state index in [9.17, 15) is 14.7 Å². The van der Waals surface area contributed by atoms with Crippen molar-refractivity contribution in [1.82, 2.24) is 5.32 Å². The van der Waals surface area contributed by atoms with Gasteiger partial charge in [0.05, 0.1) is 0 Å². The second-order valence-electron chi connectivity index (χ2n) is 6.03. The Balaban J connectivity index is 2.92. The van der Waals surface area contributed by atoms with Crippen molar-refractivity contribution >= 4 is 34.7 Å². The summed E-state index contributed by atoms with van der Waals surface area (Å²) in [5, 5.41) is 11.9. The summed E-state index contributed by atoms with van der Waals surface area (Å²) >= 11 is 2.14. The molecule has 1 unspecified atom stereocenters. The van der Waals surface area contributed by atoms with Crippen LogP contribution in [0, 0.1) is 3.57 Å². The zero-order valence-corrected chi connectivity index (χ0v) is 14.7. The summed E-state index contributed by atoms with van der Waals surface area (Å²) in [5.41, 5.74) is -1.24. The highest BCUT2D eigenvalue weighted by molar-refractivity contribution is 14.1. The van der Waals surface area contributed by atoms with Crippen LogP contribution in [0.2, 0.25) is 0 Å². The fourth-order valence-electron chi connectivity index (χ4n) is 1.72. The smallest absolute Gasteiger partial charge is 0.408 e. The number of rotatable bonds is 4. The van der Waals surface area contributed by atoms with Crippen LogP contribution in [-0.4, -0.2) is 28.3 Å². The zero-order valence-electron chi connectivity index (χ0n) is 12.6. The van der Waals surface area contributed by atoms with Crippen LogP contribution in [0.15, 0.2) is 24.3 Å². The van der Waals surface area contributed by atoms with Crippen LogP contribution in [0.3, 0.4) is 0 Å². The van der Waals surface area contributed by atoms with Crippen molar-refractivity contribution in [3.8, 4) is 0 Å². The summed E-state index contributed by atoms with van der Waals surface area (Å²) in [4.78, 5) is 23.4. The van der Waals surface area contributed by atoms with Gasteiger partial charge in [0, 0.05) is 9.99 Å². The molecule has 1 aromatic carbocycles. The maximum atomic E-state index is 11.9. The lowest BCUT2D eigenvalue weighted by Gasteiger charge is -2.28. The second kappa shape index (κ2) is 6.64. The van der Waals surface area contributed by atoms with E-state index >= 15 is 0 Å². The van der Waals surface area contributed by atoms with Crippen molar-refractivity contribution in [3.63, 3.8) is 0 Å². The first-order valence-corrected chi connectivity index (χ1v) is 7.59. The highest BCUT2D eigenvalue weighted by Crippen LogP contribution is 2.20. The Kier molecular flexibility index (Phi) is 5.61. The molecule has 0 aromatic heterocycles. The molecular formula is C15H20INO4. The second-order valence-corrected chi connectivity index (χ2v) is 7.19. The molecule has 6 heteroatoms. The molecule has 116 valence electrons. The predicted molar refractivity (Wildman–Crippen MR) is 88.3 cm³/mol. The Labute approximate surface area is 138 Å². The number of ether oxygens (including phenoxy) is 1. The summed E-state index contributed by atoms with van der Waals surface area (Å²) in [7, 11) is 0. The van der Waals surface area contributed by atoms with Crippen molar-refractivity contribution in [3.05, 3.63) is 33.4 Å². The minimum atomic E-state index is -1.43. The van der Waals surface area contributed by atoms with Crippen molar-refractivity contribution in [2.45, 2.75) is 45.3 Å². The lowest BCUT2D eigenvalue weighted by molar-refractivity contribution is -0.144. The molecule has 0 saturated carbocycles. The summed E-state index contributed by atoms with van der Waals surface area (Å²) in [6.07, 6.45) is -0.556. The van der Waals surface area contributed by atoms with Gasteiger partial charge >= 0.3 is 12.1 Å². The van der Waals surface area contributed by atoms with Gasteiger partial charge in [-0.05, 0) is 61.9 Å². The molecule has 0 saturated heterocycles. The quantitative estimate of drug-likeness (QED) is 0.755. The van der Waals surface area contributed by atoms with Crippen LogP contribution in [0.5, 0.6) is 0 Å². The van der Waals surface area contributed by atoms with Crippen LogP contribution < -0.4 is 5.32 Å². The Morgan fingerprint density at radius 3 is 2.29 bits per heavy atom. The van der Waals surface area contributed by atoms with Crippen LogP contribution in [0.25, 0.3) is 0 Å². The zero-order chi connectivity index (χ0) is 16.3. The van der Waals surface area contributed by atoms with Crippen LogP contribution in [0.1, 0.15) is 33.3 Å². The van der Waals surface area contributed by atoms with E-state index in [0.717, 1.165) is 9.13 Å². The third kappa shape index (κ3) is 5.53. The van der Waals surface area contributed by atoms with E-state index in [1.54, 1.807) is 20.8 Å². The first-order chi connectivity index (χ1) is 9.53. The molecule has 1 atom stereocenters.